The van der Waals surface area contributed by atoms with Crippen LogP contribution < -0.4 is 9.47 Å². The van der Waals surface area contributed by atoms with E-state index < -0.39 is 0 Å². The molecule has 2 aliphatic rings. The van der Waals surface area contributed by atoms with Crippen LogP contribution in [0, 0.1) is 0 Å². The monoisotopic (exact) mass is 308 g/mol. The van der Waals surface area contributed by atoms with Gasteiger partial charge in [-0.25, -0.2) is 5.01 Å². The predicted molar refractivity (Wildman–Crippen MR) is 85.4 cm³/mol. The lowest BCUT2D eigenvalue weighted by Gasteiger charge is -2.20. The van der Waals surface area contributed by atoms with E-state index >= 15 is 0 Å². The molecule has 2 aromatic rings. The summed E-state index contributed by atoms with van der Waals surface area (Å²) in [5.41, 5.74) is 2.96. The number of rotatable bonds is 2. The van der Waals surface area contributed by atoms with Crippen LogP contribution in [-0.4, -0.2) is 23.4 Å². The van der Waals surface area contributed by atoms with Crippen molar-refractivity contribution in [2.24, 2.45) is 5.10 Å². The smallest absolute Gasteiger partial charge is 0.240 e. The molecule has 2 heterocycles. The predicted octanol–water partition coefficient (Wildman–Crippen LogP) is 3.11. The Hall–Kier alpha value is -2.82. The molecular weight excluding hydrogens is 292 g/mol. The average molecular weight is 308 g/mol. The molecule has 0 bridgehead atoms. The Labute approximate surface area is 134 Å². The van der Waals surface area contributed by atoms with Crippen molar-refractivity contribution in [3.63, 3.8) is 0 Å². The molecule has 5 heteroatoms. The molecule has 2 aliphatic heterocycles. The van der Waals surface area contributed by atoms with Crippen LogP contribution in [0.2, 0.25) is 0 Å². The van der Waals surface area contributed by atoms with Crippen molar-refractivity contribution in [2.45, 2.75) is 19.4 Å². The topological polar surface area (TPSA) is 51.1 Å². The molecule has 0 radical (unpaired) electrons. The normalized spacial score (nSPS) is 18.9. The van der Waals surface area contributed by atoms with E-state index in [1.165, 1.54) is 6.92 Å². The first kappa shape index (κ1) is 13.8. The van der Waals surface area contributed by atoms with Gasteiger partial charge in [0, 0.05) is 13.3 Å². The van der Waals surface area contributed by atoms with Gasteiger partial charge in [-0.1, -0.05) is 36.4 Å². The number of amides is 1. The zero-order valence-electron chi connectivity index (χ0n) is 12.7. The van der Waals surface area contributed by atoms with Crippen LogP contribution in [0.5, 0.6) is 11.5 Å². The highest BCUT2D eigenvalue weighted by molar-refractivity contribution is 6.03. The highest BCUT2D eigenvalue weighted by atomic mass is 16.7. The van der Waals surface area contributed by atoms with Crippen molar-refractivity contribution in [1.82, 2.24) is 5.01 Å². The lowest BCUT2D eigenvalue weighted by Crippen LogP contribution is -2.24. The number of carbonyl (C=O) groups is 1. The van der Waals surface area contributed by atoms with Crippen molar-refractivity contribution in [2.75, 3.05) is 6.79 Å². The van der Waals surface area contributed by atoms with Gasteiger partial charge in [-0.2, -0.15) is 5.10 Å². The molecule has 116 valence electrons. The fourth-order valence-electron chi connectivity index (χ4n) is 2.99. The van der Waals surface area contributed by atoms with E-state index in [9.17, 15) is 4.79 Å². The summed E-state index contributed by atoms with van der Waals surface area (Å²) < 4.78 is 10.8. The zero-order valence-corrected chi connectivity index (χ0v) is 12.7. The Bertz CT molecular complexity index is 786. The average Bonchev–Trinajstić information content (AvgIpc) is 3.22. The molecule has 2 aromatic carbocycles. The van der Waals surface area contributed by atoms with Crippen molar-refractivity contribution < 1.29 is 14.3 Å². The molecule has 5 nitrogen and oxygen atoms in total. The Balaban J connectivity index is 1.68. The number of nitrogens with zero attached hydrogens (tertiary/aromatic N) is 2. The third-order valence-electron chi connectivity index (χ3n) is 4.12. The molecule has 0 N–H and O–H groups in total. The van der Waals surface area contributed by atoms with E-state index in [2.05, 4.69) is 5.10 Å². The van der Waals surface area contributed by atoms with Crippen LogP contribution in [0.3, 0.4) is 0 Å². The van der Waals surface area contributed by atoms with E-state index in [0.717, 1.165) is 28.3 Å². The molecule has 0 spiro atoms. The minimum absolute atomic E-state index is 0.0707. The molecule has 0 unspecified atom stereocenters. The van der Waals surface area contributed by atoms with Crippen molar-refractivity contribution in [3.05, 3.63) is 59.7 Å². The molecule has 4 rings (SSSR count). The first-order valence-electron chi connectivity index (χ1n) is 7.54. The Morgan fingerprint density at radius 3 is 2.70 bits per heavy atom. The maximum absolute atomic E-state index is 12.0. The standard InChI is InChI=1S/C18H16N2O3/c1-12(21)20-16(10-15(19-20)13-5-3-2-4-6-13)14-7-8-17-18(9-14)23-11-22-17/h2-9,16H,10-11H2,1H3/t16-/m0/s1. The Morgan fingerprint density at radius 1 is 1.13 bits per heavy atom. The summed E-state index contributed by atoms with van der Waals surface area (Å²) in [4.78, 5) is 12.0. The second-order valence-corrected chi connectivity index (χ2v) is 5.61. The van der Waals surface area contributed by atoms with Crippen molar-refractivity contribution >= 4 is 11.6 Å². The second-order valence-electron chi connectivity index (χ2n) is 5.61. The molecule has 0 saturated carbocycles. The molecule has 1 atom stereocenters. The number of carbonyl (C=O) groups excluding carboxylic acids is 1. The lowest BCUT2D eigenvalue weighted by atomic mass is 9.98. The van der Waals surface area contributed by atoms with E-state index in [-0.39, 0.29) is 18.7 Å². The fraction of sp³-hybridized carbons (Fsp3) is 0.222. The van der Waals surface area contributed by atoms with Crippen LogP contribution in [0.1, 0.15) is 30.5 Å². The summed E-state index contributed by atoms with van der Waals surface area (Å²) in [6.07, 6.45) is 0.684. The number of ether oxygens (including phenoxy) is 2. The Morgan fingerprint density at radius 2 is 1.91 bits per heavy atom. The summed E-state index contributed by atoms with van der Waals surface area (Å²) in [6.45, 7) is 1.78. The van der Waals surface area contributed by atoms with Crippen molar-refractivity contribution in [3.8, 4) is 11.5 Å². The van der Waals surface area contributed by atoms with Gasteiger partial charge >= 0.3 is 0 Å². The lowest BCUT2D eigenvalue weighted by molar-refractivity contribution is -0.130. The second kappa shape index (κ2) is 5.43. The molecular formula is C18H16N2O3. The van der Waals surface area contributed by atoms with E-state index in [1.807, 2.05) is 48.5 Å². The van der Waals surface area contributed by atoms with Gasteiger partial charge in [0.2, 0.25) is 12.7 Å². The fourth-order valence-corrected chi connectivity index (χ4v) is 2.99. The maximum atomic E-state index is 12.0. The van der Waals surface area contributed by atoms with Crippen LogP contribution in [0.4, 0.5) is 0 Å². The van der Waals surface area contributed by atoms with Crippen LogP contribution in [0.15, 0.2) is 53.6 Å². The van der Waals surface area contributed by atoms with Crippen LogP contribution >= 0.6 is 0 Å². The van der Waals surface area contributed by atoms with Gasteiger partial charge in [-0.05, 0) is 23.3 Å². The molecule has 0 aliphatic carbocycles. The third-order valence-corrected chi connectivity index (χ3v) is 4.12. The SMILES string of the molecule is CC(=O)N1N=C(c2ccccc2)C[C@H]1c1ccc2c(c1)OCO2. The third kappa shape index (κ3) is 2.44. The van der Waals surface area contributed by atoms with E-state index in [0.29, 0.717) is 6.42 Å². The van der Waals surface area contributed by atoms with Gasteiger partial charge in [0.15, 0.2) is 11.5 Å². The molecule has 0 aromatic heterocycles. The van der Waals surface area contributed by atoms with Gasteiger partial charge in [0.05, 0.1) is 11.8 Å². The number of hydrogen-bond donors (Lipinski definition) is 0. The highest BCUT2D eigenvalue weighted by Crippen LogP contribution is 2.39. The number of hydrogen-bond acceptors (Lipinski definition) is 4. The first-order valence-corrected chi connectivity index (χ1v) is 7.54. The number of hydrazone groups is 1. The zero-order chi connectivity index (χ0) is 15.8. The number of benzene rings is 2. The van der Waals surface area contributed by atoms with Crippen molar-refractivity contribution in [1.29, 1.82) is 0 Å². The molecule has 0 fully saturated rings. The summed E-state index contributed by atoms with van der Waals surface area (Å²) in [7, 11) is 0. The molecule has 23 heavy (non-hydrogen) atoms. The van der Waals surface area contributed by atoms with Gasteiger partial charge < -0.3 is 9.47 Å². The largest absolute Gasteiger partial charge is 0.454 e. The summed E-state index contributed by atoms with van der Waals surface area (Å²) >= 11 is 0. The molecule has 0 saturated heterocycles. The molecule has 1 amide bonds. The van der Waals surface area contributed by atoms with Crippen LogP contribution in [-0.2, 0) is 4.79 Å². The van der Waals surface area contributed by atoms with E-state index in [4.69, 9.17) is 9.47 Å². The summed E-state index contributed by atoms with van der Waals surface area (Å²) in [5.74, 6) is 1.39. The minimum Gasteiger partial charge on any atom is -0.454 e. The number of fused-ring (bicyclic) bond motifs is 1. The quantitative estimate of drug-likeness (QED) is 0.856. The first-order chi connectivity index (χ1) is 11.2. The Kier molecular flexibility index (Phi) is 3.26. The van der Waals surface area contributed by atoms with Crippen LogP contribution in [0.25, 0.3) is 0 Å². The van der Waals surface area contributed by atoms with Gasteiger partial charge in [0.1, 0.15) is 0 Å². The van der Waals surface area contributed by atoms with E-state index in [1.54, 1.807) is 5.01 Å². The summed E-state index contributed by atoms with van der Waals surface area (Å²) in [5, 5.41) is 6.09. The van der Waals surface area contributed by atoms with Gasteiger partial charge in [-0.15, -0.1) is 0 Å². The van der Waals surface area contributed by atoms with Gasteiger partial charge in [0.25, 0.3) is 0 Å². The summed E-state index contributed by atoms with van der Waals surface area (Å²) in [6, 6.07) is 15.6. The maximum Gasteiger partial charge on any atom is 0.240 e. The minimum atomic E-state index is -0.114. The van der Waals surface area contributed by atoms with Gasteiger partial charge in [-0.3, -0.25) is 4.79 Å². The highest BCUT2D eigenvalue weighted by Gasteiger charge is 2.32.